The van der Waals surface area contributed by atoms with E-state index in [2.05, 4.69) is 0 Å². The molecule has 0 bridgehead atoms. The van der Waals surface area contributed by atoms with Crippen molar-refractivity contribution in [1.29, 1.82) is 0 Å². The Bertz CT molecular complexity index is 792. The third kappa shape index (κ3) is 3.83. The van der Waals surface area contributed by atoms with Crippen LogP contribution in [0.1, 0.15) is 32.7 Å². The number of esters is 1. The average Bonchev–Trinajstić information content (AvgIpc) is 2.89. The van der Waals surface area contributed by atoms with Crippen LogP contribution >= 0.6 is 0 Å². The van der Waals surface area contributed by atoms with Crippen LogP contribution in [-0.4, -0.2) is 35.8 Å². The summed E-state index contributed by atoms with van der Waals surface area (Å²) >= 11 is 0. The average molecular weight is 335 g/mol. The summed E-state index contributed by atoms with van der Waals surface area (Å²) in [6, 6.07) is 16.2. The Morgan fingerprint density at radius 2 is 1.52 bits per heavy atom. The smallest absolute Gasteiger partial charge is 0.330 e. The molecule has 0 spiro atoms. The summed E-state index contributed by atoms with van der Waals surface area (Å²) < 4.78 is 5.10. The van der Waals surface area contributed by atoms with Crippen LogP contribution in [-0.2, 0) is 9.53 Å². The van der Waals surface area contributed by atoms with Crippen LogP contribution < -0.4 is 0 Å². The van der Waals surface area contributed by atoms with Crippen LogP contribution in [0, 0.1) is 0 Å². The molecular weight excluding hydrogens is 318 g/mol. The third-order valence-corrected chi connectivity index (χ3v) is 3.86. The van der Waals surface area contributed by atoms with Crippen LogP contribution in [0.2, 0.25) is 0 Å². The van der Waals surface area contributed by atoms with Gasteiger partial charge in [-0.15, -0.1) is 0 Å². The minimum absolute atomic E-state index is 0.144. The van der Waals surface area contributed by atoms with E-state index in [0.29, 0.717) is 17.5 Å². The zero-order valence-electron chi connectivity index (χ0n) is 13.6. The van der Waals surface area contributed by atoms with Crippen LogP contribution in [0.5, 0.6) is 0 Å². The number of hydrogen-bond donors (Lipinski definition) is 0. The first kappa shape index (κ1) is 16.6. The predicted molar refractivity (Wildman–Crippen MR) is 92.9 cm³/mol. The highest BCUT2D eigenvalue weighted by Crippen LogP contribution is 2.22. The number of amides is 2. The number of rotatable bonds is 6. The summed E-state index contributed by atoms with van der Waals surface area (Å²) in [6.07, 6.45) is 3.43. The molecule has 2 amide bonds. The first-order chi connectivity index (χ1) is 12.2. The van der Waals surface area contributed by atoms with E-state index in [1.807, 2.05) is 30.3 Å². The first-order valence-electron chi connectivity index (χ1n) is 8.02. The fraction of sp³-hybridized carbons (Fsp3) is 0.150. The summed E-state index contributed by atoms with van der Waals surface area (Å²) in [5, 5.41) is 0. The van der Waals surface area contributed by atoms with Gasteiger partial charge in [0.05, 0.1) is 17.7 Å². The molecule has 0 aliphatic carbocycles. The number of ether oxygens (including phenoxy) is 1. The molecular formula is C20H17NO4. The van der Waals surface area contributed by atoms with Crippen LogP contribution in [0.25, 0.3) is 6.08 Å². The van der Waals surface area contributed by atoms with Gasteiger partial charge in [-0.05, 0) is 30.2 Å². The van der Waals surface area contributed by atoms with Crippen molar-refractivity contribution >= 4 is 23.9 Å². The van der Waals surface area contributed by atoms with Gasteiger partial charge in [0.2, 0.25) is 0 Å². The van der Waals surface area contributed by atoms with Crippen molar-refractivity contribution in [2.24, 2.45) is 0 Å². The Labute approximate surface area is 145 Å². The molecule has 0 unspecified atom stereocenters. The highest BCUT2D eigenvalue weighted by Gasteiger charge is 2.34. The number of carbonyl (C=O) groups is 3. The molecule has 25 heavy (non-hydrogen) atoms. The second-order valence-electron chi connectivity index (χ2n) is 5.57. The second-order valence-corrected chi connectivity index (χ2v) is 5.57. The largest absolute Gasteiger partial charge is 0.462 e. The molecule has 0 fully saturated rings. The topological polar surface area (TPSA) is 63.7 Å². The molecule has 0 aromatic heterocycles. The summed E-state index contributed by atoms with van der Waals surface area (Å²) in [5.41, 5.74) is 1.76. The molecule has 1 aliphatic heterocycles. The number of fused-ring (bicyclic) bond motifs is 1. The molecule has 1 aliphatic rings. The number of benzene rings is 2. The van der Waals surface area contributed by atoms with E-state index >= 15 is 0 Å². The molecule has 2 aromatic rings. The van der Waals surface area contributed by atoms with E-state index in [9.17, 15) is 14.4 Å². The quantitative estimate of drug-likeness (QED) is 0.352. The van der Waals surface area contributed by atoms with Gasteiger partial charge in [-0.3, -0.25) is 14.5 Å². The molecule has 0 radical (unpaired) electrons. The first-order valence-corrected chi connectivity index (χ1v) is 8.02. The number of imide groups is 1. The maximum absolute atomic E-state index is 12.2. The van der Waals surface area contributed by atoms with E-state index in [1.54, 1.807) is 30.3 Å². The Morgan fingerprint density at radius 3 is 2.16 bits per heavy atom. The molecule has 0 N–H and O–H groups in total. The number of hydrogen-bond acceptors (Lipinski definition) is 4. The van der Waals surface area contributed by atoms with Crippen molar-refractivity contribution in [2.45, 2.75) is 6.42 Å². The zero-order chi connectivity index (χ0) is 17.6. The predicted octanol–water partition coefficient (Wildman–Crippen LogP) is 2.93. The van der Waals surface area contributed by atoms with Crippen LogP contribution in [0.15, 0.2) is 60.7 Å². The van der Waals surface area contributed by atoms with Gasteiger partial charge in [0.25, 0.3) is 11.8 Å². The van der Waals surface area contributed by atoms with Gasteiger partial charge in [-0.1, -0.05) is 42.5 Å². The van der Waals surface area contributed by atoms with E-state index < -0.39 is 5.97 Å². The molecule has 0 saturated heterocycles. The minimum atomic E-state index is -0.453. The molecule has 126 valence electrons. The van der Waals surface area contributed by atoms with Gasteiger partial charge in [-0.2, -0.15) is 0 Å². The van der Waals surface area contributed by atoms with Crippen molar-refractivity contribution in [3.05, 3.63) is 77.4 Å². The molecule has 0 saturated carbocycles. The van der Waals surface area contributed by atoms with Gasteiger partial charge in [-0.25, -0.2) is 4.79 Å². The summed E-state index contributed by atoms with van der Waals surface area (Å²) in [5.74, 6) is -1.04. The molecule has 2 aromatic carbocycles. The highest BCUT2D eigenvalue weighted by molar-refractivity contribution is 6.21. The number of nitrogens with zero attached hydrogens (tertiary/aromatic N) is 1. The van der Waals surface area contributed by atoms with Crippen molar-refractivity contribution in [3.8, 4) is 0 Å². The highest BCUT2D eigenvalue weighted by atomic mass is 16.5. The minimum Gasteiger partial charge on any atom is -0.462 e. The monoisotopic (exact) mass is 335 g/mol. The van der Waals surface area contributed by atoms with E-state index in [1.165, 1.54) is 11.0 Å². The Morgan fingerprint density at radius 1 is 0.920 bits per heavy atom. The zero-order valence-corrected chi connectivity index (χ0v) is 13.6. The van der Waals surface area contributed by atoms with Crippen molar-refractivity contribution in [3.63, 3.8) is 0 Å². The van der Waals surface area contributed by atoms with Gasteiger partial charge >= 0.3 is 5.97 Å². The SMILES string of the molecule is O=C(/C=C/c1ccccc1)OCCCN1C(=O)c2ccccc2C1=O. The normalized spacial score (nSPS) is 13.4. The Balaban J connectivity index is 1.45. The Hall–Kier alpha value is -3.21. The van der Waals surface area contributed by atoms with E-state index in [4.69, 9.17) is 4.74 Å². The fourth-order valence-corrected chi connectivity index (χ4v) is 2.61. The lowest BCUT2D eigenvalue weighted by Gasteiger charge is -2.13. The van der Waals surface area contributed by atoms with Crippen LogP contribution in [0.4, 0.5) is 0 Å². The molecule has 3 rings (SSSR count). The lowest BCUT2D eigenvalue weighted by atomic mass is 10.1. The lowest BCUT2D eigenvalue weighted by Crippen LogP contribution is -2.31. The van der Waals surface area contributed by atoms with Gasteiger partial charge in [0.1, 0.15) is 0 Å². The van der Waals surface area contributed by atoms with E-state index in [-0.39, 0.29) is 25.0 Å². The van der Waals surface area contributed by atoms with Crippen LogP contribution in [0.3, 0.4) is 0 Å². The third-order valence-electron chi connectivity index (χ3n) is 3.86. The molecule has 1 heterocycles. The summed E-state index contributed by atoms with van der Waals surface area (Å²) in [6.45, 7) is 0.368. The van der Waals surface area contributed by atoms with Crippen molar-refractivity contribution in [1.82, 2.24) is 4.90 Å². The van der Waals surface area contributed by atoms with Gasteiger partial charge < -0.3 is 4.74 Å². The lowest BCUT2D eigenvalue weighted by molar-refractivity contribution is -0.137. The second kappa shape index (κ2) is 7.57. The van der Waals surface area contributed by atoms with Crippen molar-refractivity contribution < 1.29 is 19.1 Å². The summed E-state index contributed by atoms with van der Waals surface area (Å²) in [7, 11) is 0. The standard InChI is InChI=1S/C20H17NO4/c22-18(12-11-15-7-2-1-3-8-15)25-14-6-13-21-19(23)16-9-4-5-10-17(16)20(21)24/h1-5,7-12H,6,13-14H2/b12-11+. The molecule has 5 nitrogen and oxygen atoms in total. The fourth-order valence-electron chi connectivity index (χ4n) is 2.61. The van der Waals surface area contributed by atoms with E-state index in [0.717, 1.165) is 5.56 Å². The maximum Gasteiger partial charge on any atom is 0.330 e. The Kier molecular flexibility index (Phi) is 5.04. The molecule has 5 heteroatoms. The number of carbonyl (C=O) groups excluding carboxylic acids is 3. The van der Waals surface area contributed by atoms with Crippen molar-refractivity contribution in [2.75, 3.05) is 13.2 Å². The van der Waals surface area contributed by atoms with Gasteiger partial charge in [0, 0.05) is 12.6 Å². The summed E-state index contributed by atoms with van der Waals surface area (Å²) in [4.78, 5) is 37.2. The molecule has 0 atom stereocenters. The maximum atomic E-state index is 12.2. The van der Waals surface area contributed by atoms with Gasteiger partial charge in [0.15, 0.2) is 0 Å².